The Hall–Kier alpha value is -2.28. The second kappa shape index (κ2) is 5.17. The molecular formula is C18H20N2O2. The first kappa shape index (κ1) is 14.6. The Morgan fingerprint density at radius 1 is 1.36 bits per heavy atom. The molecule has 22 heavy (non-hydrogen) atoms. The molecule has 2 aromatic rings. The van der Waals surface area contributed by atoms with Crippen LogP contribution in [0.5, 0.6) is 5.75 Å². The number of aromatic nitrogens is 1. The maximum Gasteiger partial charge on any atom is 0.251 e. The maximum absolute atomic E-state index is 12.1. The zero-order valence-corrected chi connectivity index (χ0v) is 13.2. The van der Waals surface area contributed by atoms with Crippen LogP contribution in [0.1, 0.15) is 50.7 Å². The van der Waals surface area contributed by atoms with Crippen molar-refractivity contribution in [3.05, 3.63) is 39.7 Å². The molecule has 1 N–H and O–H groups in total. The van der Waals surface area contributed by atoms with E-state index in [-0.39, 0.29) is 16.9 Å². The summed E-state index contributed by atoms with van der Waals surface area (Å²) in [5, 5.41) is 10.2. The number of benzene rings is 1. The summed E-state index contributed by atoms with van der Waals surface area (Å²) in [6.45, 7) is 6.75. The molecule has 1 aliphatic rings. The molecule has 4 nitrogen and oxygen atoms in total. The van der Waals surface area contributed by atoms with E-state index in [1.165, 1.54) is 0 Å². The molecule has 1 heterocycles. The lowest BCUT2D eigenvalue weighted by molar-refractivity contribution is 0.247. The molecule has 3 rings (SSSR count). The van der Waals surface area contributed by atoms with Crippen molar-refractivity contribution >= 4 is 10.9 Å². The van der Waals surface area contributed by atoms with E-state index in [1.54, 1.807) is 12.1 Å². The van der Waals surface area contributed by atoms with Gasteiger partial charge in [0.05, 0.1) is 17.7 Å². The molecule has 0 bridgehead atoms. The molecule has 1 saturated carbocycles. The number of rotatable bonds is 4. The van der Waals surface area contributed by atoms with E-state index in [4.69, 9.17) is 4.74 Å². The van der Waals surface area contributed by atoms with Crippen LogP contribution in [0.3, 0.4) is 0 Å². The summed E-state index contributed by atoms with van der Waals surface area (Å²) in [5.74, 6) is 0.695. The normalized spacial score (nSPS) is 15.8. The summed E-state index contributed by atoms with van der Waals surface area (Å²) in [7, 11) is 0. The van der Waals surface area contributed by atoms with E-state index in [0.717, 1.165) is 23.8 Å². The molecule has 0 atom stereocenters. The van der Waals surface area contributed by atoms with Gasteiger partial charge in [0.1, 0.15) is 11.8 Å². The highest BCUT2D eigenvalue weighted by molar-refractivity contribution is 5.83. The van der Waals surface area contributed by atoms with Gasteiger partial charge < -0.3 is 9.72 Å². The van der Waals surface area contributed by atoms with Crippen LogP contribution in [-0.2, 0) is 0 Å². The number of H-pyrrole nitrogens is 1. The summed E-state index contributed by atoms with van der Waals surface area (Å²) in [4.78, 5) is 15.0. The van der Waals surface area contributed by atoms with Gasteiger partial charge in [-0.2, -0.15) is 5.26 Å². The fourth-order valence-corrected chi connectivity index (χ4v) is 2.50. The Morgan fingerprint density at radius 2 is 2.09 bits per heavy atom. The van der Waals surface area contributed by atoms with E-state index in [0.29, 0.717) is 23.4 Å². The summed E-state index contributed by atoms with van der Waals surface area (Å²) >= 11 is 0. The molecule has 0 saturated heterocycles. The van der Waals surface area contributed by atoms with Crippen LogP contribution in [0.4, 0.5) is 0 Å². The van der Waals surface area contributed by atoms with Crippen LogP contribution in [0.15, 0.2) is 23.0 Å². The van der Waals surface area contributed by atoms with Gasteiger partial charge in [0.25, 0.3) is 5.56 Å². The third-order valence-electron chi connectivity index (χ3n) is 4.40. The van der Waals surface area contributed by atoms with Crippen LogP contribution in [-0.4, -0.2) is 11.6 Å². The topological polar surface area (TPSA) is 65.9 Å². The van der Waals surface area contributed by atoms with Gasteiger partial charge in [-0.1, -0.05) is 20.8 Å². The highest BCUT2D eigenvalue weighted by Gasteiger charge is 2.38. The zero-order chi connectivity index (χ0) is 15.9. The van der Waals surface area contributed by atoms with Gasteiger partial charge in [-0.25, -0.2) is 0 Å². The van der Waals surface area contributed by atoms with E-state index in [9.17, 15) is 10.1 Å². The van der Waals surface area contributed by atoms with Crippen molar-refractivity contribution in [1.29, 1.82) is 5.26 Å². The lowest BCUT2D eigenvalue weighted by Gasteiger charge is -2.13. The predicted molar refractivity (Wildman–Crippen MR) is 86.2 cm³/mol. The maximum atomic E-state index is 12.1. The minimum atomic E-state index is -0.0766. The Bertz CT molecular complexity index is 823. The Morgan fingerprint density at radius 3 is 2.68 bits per heavy atom. The van der Waals surface area contributed by atoms with Gasteiger partial charge in [0, 0.05) is 22.4 Å². The van der Waals surface area contributed by atoms with Crippen molar-refractivity contribution in [2.24, 2.45) is 5.41 Å². The van der Waals surface area contributed by atoms with Crippen molar-refractivity contribution < 1.29 is 4.74 Å². The van der Waals surface area contributed by atoms with Crippen molar-refractivity contribution in [3.8, 4) is 11.8 Å². The molecule has 4 heteroatoms. The number of aromatic amines is 1. The third-order valence-corrected chi connectivity index (χ3v) is 4.40. The third kappa shape index (κ3) is 2.71. The second-order valence-electron chi connectivity index (χ2n) is 6.86. The van der Waals surface area contributed by atoms with Crippen LogP contribution < -0.4 is 10.3 Å². The quantitative estimate of drug-likeness (QED) is 0.935. The monoisotopic (exact) mass is 296 g/mol. The van der Waals surface area contributed by atoms with Crippen LogP contribution in [0.2, 0.25) is 0 Å². The molecule has 0 spiro atoms. The van der Waals surface area contributed by atoms with Crippen LogP contribution in [0, 0.1) is 16.7 Å². The molecule has 0 aliphatic heterocycles. The first-order valence-corrected chi connectivity index (χ1v) is 7.66. The van der Waals surface area contributed by atoms with Crippen LogP contribution >= 0.6 is 0 Å². The summed E-state index contributed by atoms with van der Waals surface area (Å²) in [6, 6.07) is 7.62. The molecule has 0 amide bonds. The van der Waals surface area contributed by atoms with E-state index in [1.807, 2.05) is 19.9 Å². The van der Waals surface area contributed by atoms with Crippen LogP contribution in [0.25, 0.3) is 10.9 Å². The standard InChI is InChI=1S/C18H20N2O2/c1-11(2)14-7-12-6-13(9-19)16(8-15(12)20-17(14)21)22-10-18(3)4-5-18/h6-8,11H,4-5,10H2,1-3H3,(H,20,21). The molecule has 0 radical (unpaired) electrons. The van der Waals surface area contributed by atoms with E-state index in [2.05, 4.69) is 18.0 Å². The van der Waals surface area contributed by atoms with Crippen molar-refractivity contribution in [1.82, 2.24) is 4.98 Å². The highest BCUT2D eigenvalue weighted by Crippen LogP contribution is 2.45. The summed E-state index contributed by atoms with van der Waals surface area (Å²) < 4.78 is 5.84. The predicted octanol–water partition coefficient (Wildman–Crippen LogP) is 3.70. The Kier molecular flexibility index (Phi) is 3.44. The average molecular weight is 296 g/mol. The van der Waals surface area contributed by atoms with Gasteiger partial charge in [-0.3, -0.25) is 4.79 Å². The number of hydrogen-bond donors (Lipinski definition) is 1. The SMILES string of the molecule is CC(C)c1cc2cc(C#N)c(OCC3(C)CC3)cc2[nH]c1=O. The summed E-state index contributed by atoms with van der Waals surface area (Å²) in [6.07, 6.45) is 2.33. The Labute approximate surface area is 129 Å². The van der Waals surface area contributed by atoms with Crippen molar-refractivity contribution in [2.45, 2.75) is 39.5 Å². The fraction of sp³-hybridized carbons (Fsp3) is 0.444. The van der Waals surface area contributed by atoms with E-state index < -0.39 is 0 Å². The van der Waals surface area contributed by atoms with Crippen molar-refractivity contribution in [3.63, 3.8) is 0 Å². The molecule has 1 aromatic carbocycles. The number of nitrogens with zero attached hydrogens (tertiary/aromatic N) is 1. The number of hydrogen-bond acceptors (Lipinski definition) is 3. The number of fused-ring (bicyclic) bond motifs is 1. The molecule has 1 fully saturated rings. The minimum absolute atomic E-state index is 0.0766. The Balaban J connectivity index is 2.04. The van der Waals surface area contributed by atoms with Gasteiger partial charge >= 0.3 is 0 Å². The average Bonchev–Trinajstić information content (AvgIpc) is 3.21. The number of ether oxygens (including phenoxy) is 1. The molecule has 114 valence electrons. The number of nitrogens with one attached hydrogen (secondary N) is 1. The van der Waals surface area contributed by atoms with Crippen molar-refractivity contribution in [2.75, 3.05) is 6.61 Å². The lowest BCUT2D eigenvalue weighted by atomic mass is 10.0. The number of pyridine rings is 1. The minimum Gasteiger partial charge on any atom is -0.492 e. The fourth-order valence-electron chi connectivity index (χ4n) is 2.50. The molecule has 0 unspecified atom stereocenters. The summed E-state index contributed by atoms with van der Waals surface area (Å²) in [5.41, 5.74) is 2.13. The molecule has 1 aliphatic carbocycles. The largest absolute Gasteiger partial charge is 0.492 e. The molecule has 1 aromatic heterocycles. The van der Waals surface area contributed by atoms with Gasteiger partial charge in [0.2, 0.25) is 0 Å². The van der Waals surface area contributed by atoms with Gasteiger partial charge in [0.15, 0.2) is 0 Å². The van der Waals surface area contributed by atoms with Gasteiger partial charge in [-0.05, 0) is 30.9 Å². The first-order valence-electron chi connectivity index (χ1n) is 7.66. The highest BCUT2D eigenvalue weighted by atomic mass is 16.5. The number of nitriles is 1. The van der Waals surface area contributed by atoms with Gasteiger partial charge in [-0.15, -0.1) is 0 Å². The smallest absolute Gasteiger partial charge is 0.251 e. The first-order chi connectivity index (χ1) is 10.4. The lowest BCUT2D eigenvalue weighted by Crippen LogP contribution is -2.14. The zero-order valence-electron chi connectivity index (χ0n) is 13.2. The second-order valence-corrected chi connectivity index (χ2v) is 6.86. The van der Waals surface area contributed by atoms with E-state index >= 15 is 0 Å². The molecular weight excluding hydrogens is 276 g/mol.